The summed E-state index contributed by atoms with van der Waals surface area (Å²) in [7, 11) is -3.73. The quantitative estimate of drug-likeness (QED) is 0.522. The molecule has 0 spiro atoms. The van der Waals surface area contributed by atoms with E-state index in [1.165, 1.54) is 12.1 Å². The lowest BCUT2D eigenvalue weighted by molar-refractivity contribution is -0.118. The van der Waals surface area contributed by atoms with Gasteiger partial charge in [0.1, 0.15) is 5.75 Å². The highest BCUT2D eigenvalue weighted by molar-refractivity contribution is 7.92. The molecule has 0 saturated heterocycles. The van der Waals surface area contributed by atoms with E-state index in [-0.39, 0.29) is 23.3 Å². The number of amides is 1. The summed E-state index contributed by atoms with van der Waals surface area (Å²) in [6.07, 6.45) is 0. The van der Waals surface area contributed by atoms with Crippen molar-refractivity contribution < 1.29 is 17.9 Å². The zero-order valence-electron chi connectivity index (χ0n) is 17.8. The van der Waals surface area contributed by atoms with Crippen LogP contribution in [0.4, 0.5) is 11.4 Å². The smallest absolute Gasteiger partial charge is 0.262 e. The van der Waals surface area contributed by atoms with Crippen molar-refractivity contribution in [3.63, 3.8) is 0 Å². The molecule has 6 nitrogen and oxygen atoms in total. The molecule has 3 aromatic rings. The SMILES string of the molecule is Cc1ccccc1NS(=O)(=O)c1ccc(NC(=O)COc2ccccc2C(C)C)cc1. The number of anilines is 2. The number of para-hydroxylation sites is 2. The number of hydrogen-bond donors (Lipinski definition) is 2. The lowest BCUT2D eigenvalue weighted by atomic mass is 10.0. The van der Waals surface area contributed by atoms with Crippen LogP contribution >= 0.6 is 0 Å². The maximum absolute atomic E-state index is 12.6. The molecule has 0 unspecified atom stereocenters. The normalized spacial score (nSPS) is 11.2. The number of hydrogen-bond acceptors (Lipinski definition) is 4. The first-order valence-corrected chi connectivity index (χ1v) is 11.4. The van der Waals surface area contributed by atoms with Crippen molar-refractivity contribution in [3.8, 4) is 5.75 Å². The van der Waals surface area contributed by atoms with E-state index >= 15 is 0 Å². The van der Waals surface area contributed by atoms with Crippen LogP contribution in [-0.2, 0) is 14.8 Å². The standard InChI is InChI=1S/C24H26N2O4S/c1-17(2)21-9-5-7-11-23(21)30-16-24(27)25-19-12-14-20(15-13-19)31(28,29)26-22-10-6-4-8-18(22)3/h4-15,17,26H,16H2,1-3H3,(H,25,27). The molecular weight excluding hydrogens is 412 g/mol. The van der Waals surface area contributed by atoms with Gasteiger partial charge < -0.3 is 10.1 Å². The molecule has 0 aliphatic rings. The fourth-order valence-corrected chi connectivity index (χ4v) is 4.17. The maximum Gasteiger partial charge on any atom is 0.262 e. The first kappa shape index (κ1) is 22.4. The summed E-state index contributed by atoms with van der Waals surface area (Å²) in [6, 6.07) is 20.8. The third kappa shape index (κ3) is 5.86. The Morgan fingerprint density at radius 3 is 2.26 bits per heavy atom. The van der Waals surface area contributed by atoms with Gasteiger partial charge in [0.2, 0.25) is 0 Å². The zero-order chi connectivity index (χ0) is 22.4. The summed E-state index contributed by atoms with van der Waals surface area (Å²) >= 11 is 0. The van der Waals surface area contributed by atoms with E-state index in [2.05, 4.69) is 23.9 Å². The van der Waals surface area contributed by atoms with Crippen molar-refractivity contribution in [2.75, 3.05) is 16.6 Å². The Balaban J connectivity index is 1.61. The molecule has 2 N–H and O–H groups in total. The van der Waals surface area contributed by atoms with Gasteiger partial charge in [0.05, 0.1) is 10.6 Å². The molecule has 0 heterocycles. The highest BCUT2D eigenvalue weighted by Crippen LogP contribution is 2.26. The number of benzene rings is 3. The Bertz CT molecular complexity index is 1160. The number of rotatable bonds is 8. The minimum absolute atomic E-state index is 0.107. The average Bonchev–Trinajstić information content (AvgIpc) is 2.74. The first-order valence-electron chi connectivity index (χ1n) is 9.96. The molecule has 162 valence electrons. The van der Waals surface area contributed by atoms with E-state index < -0.39 is 10.0 Å². The van der Waals surface area contributed by atoms with Gasteiger partial charge in [-0.3, -0.25) is 9.52 Å². The van der Waals surface area contributed by atoms with Gasteiger partial charge in [-0.2, -0.15) is 0 Å². The Morgan fingerprint density at radius 2 is 1.58 bits per heavy atom. The van der Waals surface area contributed by atoms with Crippen molar-refractivity contribution in [1.29, 1.82) is 0 Å². The molecule has 31 heavy (non-hydrogen) atoms. The van der Waals surface area contributed by atoms with Gasteiger partial charge in [-0.1, -0.05) is 50.2 Å². The van der Waals surface area contributed by atoms with E-state index in [9.17, 15) is 13.2 Å². The molecular formula is C24H26N2O4S. The number of aryl methyl sites for hydroxylation is 1. The molecule has 0 aliphatic carbocycles. The van der Waals surface area contributed by atoms with Crippen LogP contribution in [-0.4, -0.2) is 20.9 Å². The Kier molecular flexibility index (Phi) is 6.97. The Labute approximate surface area is 183 Å². The molecule has 0 atom stereocenters. The largest absolute Gasteiger partial charge is 0.483 e. The van der Waals surface area contributed by atoms with Gasteiger partial charge in [0.25, 0.3) is 15.9 Å². The molecule has 0 fully saturated rings. The fraction of sp³-hybridized carbons (Fsp3) is 0.208. The van der Waals surface area contributed by atoms with Crippen molar-refractivity contribution in [2.45, 2.75) is 31.6 Å². The van der Waals surface area contributed by atoms with Gasteiger partial charge >= 0.3 is 0 Å². The summed E-state index contributed by atoms with van der Waals surface area (Å²) in [5, 5.41) is 2.72. The summed E-state index contributed by atoms with van der Waals surface area (Å²) in [4.78, 5) is 12.4. The van der Waals surface area contributed by atoms with Gasteiger partial charge in [-0.05, 0) is 60.4 Å². The summed E-state index contributed by atoms with van der Waals surface area (Å²) in [5.74, 6) is 0.630. The van der Waals surface area contributed by atoms with Crippen molar-refractivity contribution in [3.05, 3.63) is 83.9 Å². The van der Waals surface area contributed by atoms with Crippen LogP contribution in [0.15, 0.2) is 77.7 Å². The number of carbonyl (C=O) groups is 1. The zero-order valence-corrected chi connectivity index (χ0v) is 18.6. The minimum Gasteiger partial charge on any atom is -0.483 e. The molecule has 1 amide bonds. The highest BCUT2D eigenvalue weighted by Gasteiger charge is 2.15. The molecule has 0 aromatic heterocycles. The summed E-state index contributed by atoms with van der Waals surface area (Å²) in [5.41, 5.74) is 2.87. The monoisotopic (exact) mass is 438 g/mol. The number of ether oxygens (including phenoxy) is 1. The van der Waals surface area contributed by atoms with Crippen LogP contribution in [0, 0.1) is 6.92 Å². The van der Waals surface area contributed by atoms with Gasteiger partial charge in [-0.25, -0.2) is 8.42 Å². The fourth-order valence-electron chi connectivity index (χ4n) is 3.04. The molecule has 0 saturated carbocycles. The van der Waals surface area contributed by atoms with E-state index in [0.29, 0.717) is 17.1 Å². The molecule has 0 radical (unpaired) electrons. The van der Waals surface area contributed by atoms with E-state index in [4.69, 9.17) is 4.74 Å². The predicted molar refractivity (Wildman–Crippen MR) is 123 cm³/mol. The third-order valence-corrected chi connectivity index (χ3v) is 6.12. The first-order chi connectivity index (χ1) is 14.8. The van der Waals surface area contributed by atoms with E-state index in [0.717, 1.165) is 11.1 Å². The van der Waals surface area contributed by atoms with Crippen LogP contribution in [0.1, 0.15) is 30.9 Å². The number of nitrogens with one attached hydrogen (secondary N) is 2. The molecule has 3 aromatic carbocycles. The van der Waals surface area contributed by atoms with Crippen LogP contribution in [0.25, 0.3) is 0 Å². The molecule has 0 aliphatic heterocycles. The van der Waals surface area contributed by atoms with Crippen LogP contribution in [0.3, 0.4) is 0 Å². The van der Waals surface area contributed by atoms with Crippen molar-refractivity contribution in [1.82, 2.24) is 0 Å². The Morgan fingerprint density at radius 1 is 0.935 bits per heavy atom. The highest BCUT2D eigenvalue weighted by atomic mass is 32.2. The van der Waals surface area contributed by atoms with E-state index in [1.54, 1.807) is 24.3 Å². The van der Waals surface area contributed by atoms with Crippen molar-refractivity contribution >= 4 is 27.3 Å². The lowest BCUT2D eigenvalue weighted by Crippen LogP contribution is -2.20. The molecule has 3 rings (SSSR count). The van der Waals surface area contributed by atoms with Gasteiger partial charge in [-0.15, -0.1) is 0 Å². The van der Waals surface area contributed by atoms with Crippen LogP contribution in [0.2, 0.25) is 0 Å². The predicted octanol–water partition coefficient (Wildman–Crippen LogP) is 4.94. The maximum atomic E-state index is 12.6. The van der Waals surface area contributed by atoms with Crippen LogP contribution < -0.4 is 14.8 Å². The second-order valence-corrected chi connectivity index (χ2v) is 9.16. The molecule has 0 bridgehead atoms. The number of carbonyl (C=O) groups excluding carboxylic acids is 1. The topological polar surface area (TPSA) is 84.5 Å². The third-order valence-electron chi connectivity index (χ3n) is 4.74. The van der Waals surface area contributed by atoms with Gasteiger partial charge in [0, 0.05) is 5.69 Å². The van der Waals surface area contributed by atoms with Gasteiger partial charge in [0.15, 0.2) is 6.61 Å². The second kappa shape index (κ2) is 9.66. The average molecular weight is 439 g/mol. The molecule has 7 heteroatoms. The second-order valence-electron chi connectivity index (χ2n) is 7.47. The number of sulfonamides is 1. The van der Waals surface area contributed by atoms with Crippen molar-refractivity contribution in [2.24, 2.45) is 0 Å². The minimum atomic E-state index is -3.73. The lowest BCUT2D eigenvalue weighted by Gasteiger charge is -2.14. The Hall–Kier alpha value is -3.32. The summed E-state index contributed by atoms with van der Waals surface area (Å²) in [6.45, 7) is 5.81. The van der Waals surface area contributed by atoms with Crippen LogP contribution in [0.5, 0.6) is 5.75 Å². The van der Waals surface area contributed by atoms with E-state index in [1.807, 2.05) is 43.3 Å². The summed E-state index contributed by atoms with van der Waals surface area (Å²) < 4.78 is 33.5.